The van der Waals surface area contributed by atoms with Crippen molar-refractivity contribution in [2.24, 2.45) is 0 Å². The fourth-order valence-electron chi connectivity index (χ4n) is 1.83. The molecule has 1 aromatic carbocycles. The highest BCUT2D eigenvalue weighted by Gasteiger charge is 2.30. The summed E-state index contributed by atoms with van der Waals surface area (Å²) >= 11 is 1.54. The number of carboxylic acids is 1. The summed E-state index contributed by atoms with van der Waals surface area (Å²) in [6.45, 7) is 4.22. The van der Waals surface area contributed by atoms with E-state index in [0.717, 1.165) is 17.1 Å². The number of thioether (sulfide) groups is 1. The van der Waals surface area contributed by atoms with Crippen LogP contribution in [-0.4, -0.2) is 28.9 Å². The molecule has 0 bridgehead atoms. The van der Waals surface area contributed by atoms with Crippen LogP contribution in [0, 0.1) is 5.82 Å². The number of carboxylic acid groups (broad SMARTS) is 1. The quantitative estimate of drug-likeness (QED) is 0.569. The number of hydrogen-bond donors (Lipinski definition) is 2. The maximum absolute atomic E-state index is 13.0. The van der Waals surface area contributed by atoms with Gasteiger partial charge in [0.25, 0.3) is 0 Å². The van der Waals surface area contributed by atoms with E-state index in [1.54, 1.807) is 24.8 Å². The van der Waals surface area contributed by atoms with Crippen LogP contribution in [0.15, 0.2) is 29.2 Å². The van der Waals surface area contributed by atoms with Gasteiger partial charge in [0.1, 0.15) is 11.4 Å². The van der Waals surface area contributed by atoms with Crippen LogP contribution in [0.5, 0.6) is 0 Å². The van der Waals surface area contributed by atoms with Gasteiger partial charge in [-0.25, -0.2) is 4.39 Å². The first-order valence-corrected chi connectivity index (χ1v) is 7.33. The lowest BCUT2D eigenvalue weighted by Gasteiger charge is -2.25. The summed E-state index contributed by atoms with van der Waals surface area (Å²) in [5.74, 6) is -0.296. The fourth-order valence-corrected chi connectivity index (χ4v) is 2.73. The highest BCUT2D eigenvalue weighted by Crippen LogP contribution is 2.22. The van der Waals surface area contributed by atoms with Crippen LogP contribution in [0.4, 0.5) is 4.39 Å². The van der Waals surface area contributed by atoms with Gasteiger partial charge in [-0.05, 0) is 50.3 Å². The zero-order valence-corrected chi connectivity index (χ0v) is 12.1. The number of nitrogens with one attached hydrogen (secondary N) is 1. The second kappa shape index (κ2) is 7.50. The van der Waals surface area contributed by atoms with Gasteiger partial charge in [-0.1, -0.05) is 13.0 Å². The van der Waals surface area contributed by atoms with E-state index in [9.17, 15) is 14.3 Å². The molecule has 0 saturated heterocycles. The summed E-state index contributed by atoms with van der Waals surface area (Å²) in [7, 11) is 0. The molecule has 3 nitrogen and oxygen atoms in total. The smallest absolute Gasteiger partial charge is 0.323 e. The number of benzene rings is 1. The number of likely N-dealkylation sites (N-methyl/N-ethyl adjacent to an activating group) is 1. The van der Waals surface area contributed by atoms with Gasteiger partial charge in [-0.2, -0.15) is 0 Å². The van der Waals surface area contributed by atoms with Crippen LogP contribution in [0.3, 0.4) is 0 Å². The molecule has 1 unspecified atom stereocenters. The van der Waals surface area contributed by atoms with Gasteiger partial charge in [0.05, 0.1) is 0 Å². The van der Waals surface area contributed by atoms with Crippen molar-refractivity contribution in [2.75, 3.05) is 12.3 Å². The highest BCUT2D eigenvalue weighted by atomic mass is 32.2. The third-order valence-corrected chi connectivity index (χ3v) is 4.00. The van der Waals surface area contributed by atoms with Gasteiger partial charge in [0.2, 0.25) is 0 Å². The van der Waals surface area contributed by atoms with Crippen molar-refractivity contribution in [3.05, 3.63) is 30.1 Å². The van der Waals surface area contributed by atoms with E-state index < -0.39 is 11.5 Å². The molecule has 0 aromatic heterocycles. The fraction of sp³-hybridized carbons (Fsp3) is 0.500. The molecule has 1 rings (SSSR count). The maximum Gasteiger partial charge on any atom is 0.323 e. The topological polar surface area (TPSA) is 49.3 Å². The molecule has 0 saturated carbocycles. The van der Waals surface area contributed by atoms with Gasteiger partial charge in [-0.15, -0.1) is 11.8 Å². The average Bonchev–Trinajstić information content (AvgIpc) is 2.35. The molecule has 0 fully saturated rings. The third-order valence-electron chi connectivity index (χ3n) is 2.92. The summed E-state index contributed by atoms with van der Waals surface area (Å²) in [5, 5.41) is 12.2. The van der Waals surface area contributed by atoms with E-state index in [4.69, 9.17) is 0 Å². The van der Waals surface area contributed by atoms with Crippen molar-refractivity contribution in [1.82, 2.24) is 5.32 Å². The van der Waals surface area contributed by atoms with E-state index in [1.165, 1.54) is 12.1 Å². The van der Waals surface area contributed by atoms with Crippen molar-refractivity contribution in [1.29, 1.82) is 0 Å². The molecule has 0 aliphatic rings. The first-order valence-electron chi connectivity index (χ1n) is 6.35. The number of hydrogen-bond acceptors (Lipinski definition) is 3. The van der Waals surface area contributed by atoms with Crippen molar-refractivity contribution in [3.63, 3.8) is 0 Å². The van der Waals surface area contributed by atoms with Gasteiger partial charge >= 0.3 is 5.97 Å². The van der Waals surface area contributed by atoms with Gasteiger partial charge in [0.15, 0.2) is 0 Å². The summed E-state index contributed by atoms with van der Waals surface area (Å²) in [5.41, 5.74) is -0.878. The molecule has 1 atom stereocenters. The first-order chi connectivity index (χ1) is 8.98. The molecule has 1 aromatic rings. The van der Waals surface area contributed by atoms with Crippen LogP contribution in [0.1, 0.15) is 26.7 Å². The molecular formula is C14H20FNO2S. The number of rotatable bonds is 8. The van der Waals surface area contributed by atoms with E-state index in [-0.39, 0.29) is 5.82 Å². The minimum absolute atomic E-state index is 0.243. The minimum Gasteiger partial charge on any atom is -0.480 e. The van der Waals surface area contributed by atoms with Crippen LogP contribution in [0.25, 0.3) is 0 Å². The number of halogens is 1. The monoisotopic (exact) mass is 285 g/mol. The van der Waals surface area contributed by atoms with Crippen LogP contribution in [0.2, 0.25) is 0 Å². The number of aliphatic carboxylic acids is 1. The zero-order chi connectivity index (χ0) is 14.3. The molecule has 0 spiro atoms. The lowest BCUT2D eigenvalue weighted by atomic mass is 9.96. The zero-order valence-electron chi connectivity index (χ0n) is 11.3. The molecule has 0 heterocycles. The van der Waals surface area contributed by atoms with Gasteiger partial charge < -0.3 is 10.4 Å². The van der Waals surface area contributed by atoms with Crippen molar-refractivity contribution >= 4 is 17.7 Å². The average molecular weight is 285 g/mol. The Morgan fingerprint density at radius 2 is 2.26 bits per heavy atom. The Labute approximate surface area is 117 Å². The summed E-state index contributed by atoms with van der Waals surface area (Å²) in [6.07, 6.45) is 1.31. The van der Waals surface area contributed by atoms with Crippen molar-refractivity contribution in [3.8, 4) is 0 Å². The molecule has 0 aliphatic heterocycles. The molecule has 19 heavy (non-hydrogen) atoms. The molecular weight excluding hydrogens is 265 g/mol. The van der Waals surface area contributed by atoms with Crippen LogP contribution >= 0.6 is 11.8 Å². The predicted octanol–water partition coefficient (Wildman–Crippen LogP) is 3.15. The van der Waals surface area contributed by atoms with E-state index in [2.05, 4.69) is 5.32 Å². The lowest BCUT2D eigenvalue weighted by molar-refractivity contribution is -0.144. The largest absolute Gasteiger partial charge is 0.480 e. The Balaban J connectivity index is 2.39. The minimum atomic E-state index is -0.878. The molecule has 0 aliphatic carbocycles. The molecule has 2 N–H and O–H groups in total. The Bertz CT molecular complexity index is 428. The van der Waals surface area contributed by atoms with E-state index in [1.807, 2.05) is 13.0 Å². The van der Waals surface area contributed by atoms with Crippen LogP contribution in [-0.2, 0) is 4.79 Å². The van der Waals surface area contributed by atoms with Crippen molar-refractivity contribution in [2.45, 2.75) is 37.1 Å². The highest BCUT2D eigenvalue weighted by molar-refractivity contribution is 7.99. The normalized spacial score (nSPS) is 14.1. The molecule has 0 amide bonds. The van der Waals surface area contributed by atoms with Gasteiger partial charge in [-0.3, -0.25) is 4.79 Å². The van der Waals surface area contributed by atoms with E-state index in [0.29, 0.717) is 13.0 Å². The summed E-state index contributed by atoms with van der Waals surface area (Å²) < 4.78 is 13.0. The molecule has 5 heteroatoms. The van der Waals surface area contributed by atoms with E-state index >= 15 is 0 Å². The first kappa shape index (κ1) is 16.0. The maximum atomic E-state index is 13.0. The van der Waals surface area contributed by atoms with Crippen molar-refractivity contribution < 1.29 is 14.3 Å². The Hall–Kier alpha value is -1.07. The standard InChI is InChI=1S/C14H20FNO2S/c1-3-16-14(2,13(17)18)8-5-9-19-12-7-4-6-11(15)10-12/h4,6-7,10,16H,3,5,8-9H2,1-2H3,(H,17,18). The second-order valence-corrected chi connectivity index (χ2v) is 5.75. The Morgan fingerprint density at radius 3 is 2.84 bits per heavy atom. The lowest BCUT2D eigenvalue weighted by Crippen LogP contribution is -2.49. The predicted molar refractivity (Wildman–Crippen MR) is 76.1 cm³/mol. The Kier molecular flexibility index (Phi) is 6.31. The summed E-state index contributed by atoms with van der Waals surface area (Å²) in [4.78, 5) is 12.1. The molecule has 0 radical (unpaired) electrons. The van der Waals surface area contributed by atoms with Gasteiger partial charge in [0, 0.05) is 4.90 Å². The Morgan fingerprint density at radius 1 is 1.53 bits per heavy atom. The second-order valence-electron chi connectivity index (χ2n) is 4.58. The van der Waals surface area contributed by atoms with Crippen LogP contribution < -0.4 is 5.32 Å². The SMILES string of the molecule is CCNC(C)(CCCSc1cccc(F)c1)C(=O)O. The third kappa shape index (κ3) is 5.20. The summed E-state index contributed by atoms with van der Waals surface area (Å²) in [6, 6.07) is 6.44. The molecule has 106 valence electrons. The number of carbonyl (C=O) groups is 1.